The van der Waals surface area contributed by atoms with Gasteiger partial charge in [-0.05, 0) is 54.0 Å². The fourth-order valence-electron chi connectivity index (χ4n) is 3.15. The zero-order valence-electron chi connectivity index (χ0n) is 13.7. The molecule has 0 unspecified atom stereocenters. The van der Waals surface area contributed by atoms with E-state index in [0.29, 0.717) is 12.8 Å². The Labute approximate surface area is 141 Å². The SMILES string of the molecule is C[C@@H](NC(=O)CCCc1ccc2c(c1)-c1ccccc1C2)C(=O)O. The average Bonchev–Trinajstić information content (AvgIpc) is 2.92. The summed E-state index contributed by atoms with van der Waals surface area (Å²) in [6.45, 7) is 1.47. The van der Waals surface area contributed by atoms with Crippen molar-refractivity contribution in [3.8, 4) is 11.1 Å². The Morgan fingerprint density at radius 1 is 1.12 bits per heavy atom. The smallest absolute Gasteiger partial charge is 0.325 e. The predicted octanol–water partition coefficient (Wildman–Crippen LogP) is 3.17. The second kappa shape index (κ2) is 6.87. The van der Waals surface area contributed by atoms with Gasteiger partial charge >= 0.3 is 5.97 Å². The van der Waals surface area contributed by atoms with Crippen LogP contribution >= 0.6 is 0 Å². The first-order chi connectivity index (χ1) is 11.5. The van der Waals surface area contributed by atoms with Gasteiger partial charge in [0.1, 0.15) is 6.04 Å². The maximum absolute atomic E-state index is 11.7. The highest BCUT2D eigenvalue weighted by molar-refractivity contribution is 5.83. The molecule has 0 aliphatic heterocycles. The van der Waals surface area contributed by atoms with Crippen LogP contribution in [-0.4, -0.2) is 23.0 Å². The molecule has 0 saturated heterocycles. The summed E-state index contributed by atoms with van der Waals surface area (Å²) in [4.78, 5) is 22.4. The third kappa shape index (κ3) is 3.48. The standard InChI is InChI=1S/C20H21NO3/c1-13(20(23)24)21-19(22)8-4-5-14-9-10-16-12-15-6-2-3-7-17(15)18(16)11-14/h2-3,6-7,9-11,13H,4-5,8,12H2,1H3,(H,21,22)(H,23,24)/t13-/m1/s1. The molecule has 0 radical (unpaired) electrons. The molecule has 0 aromatic heterocycles. The molecular weight excluding hydrogens is 302 g/mol. The second-order valence-corrected chi connectivity index (χ2v) is 6.31. The number of hydrogen-bond donors (Lipinski definition) is 2. The molecule has 0 saturated carbocycles. The molecule has 2 aromatic rings. The van der Waals surface area contributed by atoms with Gasteiger partial charge in [0.2, 0.25) is 5.91 Å². The molecule has 1 amide bonds. The molecule has 2 aromatic carbocycles. The van der Waals surface area contributed by atoms with Gasteiger partial charge in [-0.25, -0.2) is 0 Å². The zero-order chi connectivity index (χ0) is 17.1. The number of carbonyl (C=O) groups excluding carboxylic acids is 1. The Balaban J connectivity index is 1.59. The number of amides is 1. The number of hydrogen-bond acceptors (Lipinski definition) is 2. The first-order valence-electron chi connectivity index (χ1n) is 8.27. The fraction of sp³-hybridized carbons (Fsp3) is 0.300. The van der Waals surface area contributed by atoms with E-state index < -0.39 is 12.0 Å². The van der Waals surface area contributed by atoms with Gasteiger partial charge in [-0.15, -0.1) is 0 Å². The van der Waals surface area contributed by atoms with Gasteiger partial charge in [0.05, 0.1) is 0 Å². The average molecular weight is 323 g/mol. The zero-order valence-corrected chi connectivity index (χ0v) is 13.7. The molecule has 4 nitrogen and oxygen atoms in total. The molecule has 0 heterocycles. The number of aliphatic carboxylic acids is 1. The lowest BCUT2D eigenvalue weighted by molar-refractivity contribution is -0.141. The number of fused-ring (bicyclic) bond motifs is 3. The van der Waals surface area contributed by atoms with Gasteiger partial charge < -0.3 is 10.4 Å². The first kappa shape index (κ1) is 16.2. The molecule has 0 bridgehead atoms. The van der Waals surface area contributed by atoms with Gasteiger partial charge in [-0.3, -0.25) is 9.59 Å². The molecule has 1 aliphatic rings. The van der Waals surface area contributed by atoms with E-state index >= 15 is 0 Å². The normalized spacial score (nSPS) is 13.0. The molecule has 0 fully saturated rings. The second-order valence-electron chi connectivity index (χ2n) is 6.31. The molecule has 2 N–H and O–H groups in total. The largest absolute Gasteiger partial charge is 0.480 e. The van der Waals surface area contributed by atoms with Crippen molar-refractivity contribution < 1.29 is 14.7 Å². The van der Waals surface area contributed by atoms with E-state index in [0.717, 1.165) is 12.8 Å². The molecule has 0 spiro atoms. The highest BCUT2D eigenvalue weighted by atomic mass is 16.4. The van der Waals surface area contributed by atoms with Crippen molar-refractivity contribution in [2.45, 2.75) is 38.6 Å². The fourth-order valence-corrected chi connectivity index (χ4v) is 3.15. The highest BCUT2D eigenvalue weighted by Gasteiger charge is 2.18. The van der Waals surface area contributed by atoms with Gasteiger partial charge in [0, 0.05) is 6.42 Å². The Morgan fingerprint density at radius 2 is 1.88 bits per heavy atom. The number of rotatable bonds is 6. The van der Waals surface area contributed by atoms with E-state index in [1.54, 1.807) is 0 Å². The number of carbonyl (C=O) groups is 2. The molecule has 1 atom stereocenters. The Hall–Kier alpha value is -2.62. The maximum atomic E-state index is 11.7. The van der Waals surface area contributed by atoms with Crippen LogP contribution in [0.4, 0.5) is 0 Å². The van der Waals surface area contributed by atoms with Crippen LogP contribution in [0.2, 0.25) is 0 Å². The minimum absolute atomic E-state index is 0.212. The predicted molar refractivity (Wildman–Crippen MR) is 92.9 cm³/mol. The highest BCUT2D eigenvalue weighted by Crippen LogP contribution is 2.36. The van der Waals surface area contributed by atoms with E-state index in [1.807, 2.05) is 0 Å². The van der Waals surface area contributed by atoms with Gasteiger partial charge in [-0.1, -0.05) is 42.5 Å². The van der Waals surface area contributed by atoms with Gasteiger partial charge in [0.25, 0.3) is 0 Å². The Bertz CT molecular complexity index is 782. The van der Waals surface area contributed by atoms with Crippen LogP contribution in [0.25, 0.3) is 11.1 Å². The van der Waals surface area contributed by atoms with Crippen LogP contribution < -0.4 is 5.32 Å². The number of carboxylic acid groups (broad SMARTS) is 1. The third-order valence-electron chi connectivity index (χ3n) is 4.48. The van der Waals surface area contributed by atoms with Gasteiger partial charge in [0.15, 0.2) is 0 Å². The van der Waals surface area contributed by atoms with E-state index in [9.17, 15) is 9.59 Å². The Morgan fingerprint density at radius 3 is 2.67 bits per heavy atom. The third-order valence-corrected chi connectivity index (χ3v) is 4.48. The minimum Gasteiger partial charge on any atom is -0.480 e. The number of nitrogens with one attached hydrogen (secondary N) is 1. The summed E-state index contributed by atoms with van der Waals surface area (Å²) in [5.74, 6) is -1.22. The summed E-state index contributed by atoms with van der Waals surface area (Å²) in [6, 6.07) is 14.2. The van der Waals surface area contributed by atoms with Crippen molar-refractivity contribution in [1.82, 2.24) is 5.32 Å². The number of aryl methyl sites for hydroxylation is 1. The number of carboxylic acids is 1. The van der Waals surface area contributed by atoms with Crippen molar-refractivity contribution in [2.24, 2.45) is 0 Å². The van der Waals surface area contributed by atoms with Crippen LogP contribution in [0.3, 0.4) is 0 Å². The topological polar surface area (TPSA) is 66.4 Å². The lowest BCUT2D eigenvalue weighted by Crippen LogP contribution is -2.38. The van der Waals surface area contributed by atoms with Crippen molar-refractivity contribution >= 4 is 11.9 Å². The number of benzene rings is 2. The van der Waals surface area contributed by atoms with Crippen LogP contribution in [0.1, 0.15) is 36.5 Å². The monoisotopic (exact) mass is 323 g/mol. The van der Waals surface area contributed by atoms with Crippen molar-refractivity contribution in [2.75, 3.05) is 0 Å². The van der Waals surface area contributed by atoms with Crippen molar-refractivity contribution in [1.29, 1.82) is 0 Å². The van der Waals surface area contributed by atoms with E-state index in [2.05, 4.69) is 47.8 Å². The van der Waals surface area contributed by atoms with Gasteiger partial charge in [-0.2, -0.15) is 0 Å². The van der Waals surface area contributed by atoms with Crippen molar-refractivity contribution in [3.63, 3.8) is 0 Å². The van der Waals surface area contributed by atoms with Crippen LogP contribution in [0, 0.1) is 0 Å². The Kier molecular flexibility index (Phi) is 4.65. The quantitative estimate of drug-likeness (QED) is 0.732. The summed E-state index contributed by atoms with van der Waals surface area (Å²) >= 11 is 0. The molecule has 3 rings (SSSR count). The molecule has 124 valence electrons. The molecular formula is C20H21NO3. The van der Waals surface area contributed by atoms with Crippen LogP contribution in [0.5, 0.6) is 0 Å². The van der Waals surface area contributed by atoms with Crippen LogP contribution in [-0.2, 0) is 22.4 Å². The summed E-state index contributed by atoms with van der Waals surface area (Å²) in [5, 5.41) is 11.3. The summed E-state index contributed by atoms with van der Waals surface area (Å²) in [7, 11) is 0. The maximum Gasteiger partial charge on any atom is 0.325 e. The summed E-state index contributed by atoms with van der Waals surface area (Å²) < 4.78 is 0. The van der Waals surface area contributed by atoms with E-state index in [1.165, 1.54) is 34.7 Å². The van der Waals surface area contributed by atoms with E-state index in [-0.39, 0.29) is 5.91 Å². The summed E-state index contributed by atoms with van der Waals surface area (Å²) in [6.07, 6.45) is 2.84. The molecule has 24 heavy (non-hydrogen) atoms. The molecule has 4 heteroatoms. The van der Waals surface area contributed by atoms with Crippen LogP contribution in [0.15, 0.2) is 42.5 Å². The minimum atomic E-state index is -1.01. The van der Waals surface area contributed by atoms with E-state index in [4.69, 9.17) is 5.11 Å². The van der Waals surface area contributed by atoms with Crippen molar-refractivity contribution in [3.05, 3.63) is 59.2 Å². The lowest BCUT2D eigenvalue weighted by Gasteiger charge is -2.09. The lowest BCUT2D eigenvalue weighted by atomic mass is 10.00. The summed E-state index contributed by atoms with van der Waals surface area (Å²) in [5.41, 5.74) is 6.54. The molecule has 1 aliphatic carbocycles. The first-order valence-corrected chi connectivity index (χ1v) is 8.27.